The van der Waals surface area contributed by atoms with Crippen LogP contribution in [-0.2, 0) is 6.54 Å². The second kappa shape index (κ2) is 6.89. The van der Waals surface area contributed by atoms with Gasteiger partial charge in [-0.2, -0.15) is 0 Å². The zero-order valence-corrected chi connectivity index (χ0v) is 11.1. The van der Waals surface area contributed by atoms with Crippen LogP contribution in [0, 0.1) is 10.1 Å². The first-order valence-electron chi connectivity index (χ1n) is 6.26. The molecule has 1 aromatic heterocycles. The molecule has 0 aromatic carbocycles. The summed E-state index contributed by atoms with van der Waals surface area (Å²) in [5.74, 6) is -0.333. The van der Waals surface area contributed by atoms with Gasteiger partial charge in [-0.15, -0.1) is 0 Å². The molecule has 0 aliphatic heterocycles. The first-order valence-corrected chi connectivity index (χ1v) is 6.26. The predicted molar refractivity (Wildman–Crippen MR) is 70.0 cm³/mol. The number of rotatable bonds is 7. The van der Waals surface area contributed by atoms with Gasteiger partial charge in [0.05, 0.1) is 17.2 Å². The van der Waals surface area contributed by atoms with Crippen LogP contribution >= 0.6 is 0 Å². The van der Waals surface area contributed by atoms with E-state index in [4.69, 9.17) is 5.11 Å². The molecule has 1 rings (SSSR count). The average Bonchev–Trinajstić information content (AvgIpc) is 2.78. The van der Waals surface area contributed by atoms with Crippen LogP contribution in [0.5, 0.6) is 0 Å². The minimum absolute atomic E-state index is 0.0871. The van der Waals surface area contributed by atoms with Crippen LogP contribution in [0.3, 0.4) is 0 Å². The van der Waals surface area contributed by atoms with Crippen molar-refractivity contribution in [1.29, 1.82) is 0 Å². The topological polar surface area (TPSA) is 97.4 Å². The summed E-state index contributed by atoms with van der Waals surface area (Å²) in [5.41, 5.74) is 0.197. The molecule has 106 valence electrons. The van der Waals surface area contributed by atoms with Crippen molar-refractivity contribution < 1.29 is 14.8 Å². The summed E-state index contributed by atoms with van der Waals surface area (Å²) < 4.78 is 1.54. The van der Waals surface area contributed by atoms with Crippen LogP contribution in [0.25, 0.3) is 0 Å². The highest BCUT2D eigenvalue weighted by molar-refractivity contribution is 5.93. The van der Waals surface area contributed by atoms with Crippen molar-refractivity contribution in [1.82, 2.24) is 9.88 Å². The van der Waals surface area contributed by atoms with Crippen LogP contribution in [0.4, 0.5) is 5.69 Å². The maximum atomic E-state index is 11.9. The van der Waals surface area contributed by atoms with Crippen LogP contribution in [0.15, 0.2) is 12.3 Å². The minimum Gasteiger partial charge on any atom is -0.393 e. The van der Waals surface area contributed by atoms with Crippen LogP contribution in [0.1, 0.15) is 37.2 Å². The standard InChI is InChI=1S/C12H19N3O4/c1-3-14-8-10(15(18)19)7-11(14)12(17)13-6-4-5-9(2)16/h7-9,16H,3-6H2,1-2H3,(H,13,17). The van der Waals surface area contributed by atoms with E-state index in [1.165, 1.54) is 12.3 Å². The Morgan fingerprint density at radius 1 is 1.63 bits per heavy atom. The molecule has 1 unspecified atom stereocenters. The second-order valence-electron chi connectivity index (χ2n) is 4.37. The number of hydrogen-bond acceptors (Lipinski definition) is 4. The molecule has 7 nitrogen and oxygen atoms in total. The molecule has 1 aromatic rings. The maximum Gasteiger partial charge on any atom is 0.287 e. The van der Waals surface area contributed by atoms with Crippen LogP contribution < -0.4 is 5.32 Å². The molecule has 0 fully saturated rings. The Kier molecular flexibility index (Phi) is 5.50. The van der Waals surface area contributed by atoms with Crippen LogP contribution in [0.2, 0.25) is 0 Å². The highest BCUT2D eigenvalue weighted by atomic mass is 16.6. The van der Waals surface area contributed by atoms with Crippen LogP contribution in [-0.4, -0.2) is 33.2 Å². The molecule has 19 heavy (non-hydrogen) atoms. The number of aryl methyl sites for hydroxylation is 1. The molecule has 0 aliphatic rings. The van der Waals surface area contributed by atoms with E-state index in [9.17, 15) is 14.9 Å². The third-order valence-electron chi connectivity index (χ3n) is 2.75. The SMILES string of the molecule is CCn1cc([N+](=O)[O-])cc1C(=O)NCCCC(C)O. The highest BCUT2D eigenvalue weighted by Crippen LogP contribution is 2.16. The van der Waals surface area contributed by atoms with E-state index in [0.29, 0.717) is 25.9 Å². The summed E-state index contributed by atoms with van der Waals surface area (Å²) in [6, 6.07) is 1.27. The van der Waals surface area contributed by atoms with E-state index >= 15 is 0 Å². The number of amides is 1. The lowest BCUT2D eigenvalue weighted by Gasteiger charge is -2.08. The number of carbonyl (C=O) groups is 1. The number of nitrogens with one attached hydrogen (secondary N) is 1. The first kappa shape index (κ1) is 15.2. The lowest BCUT2D eigenvalue weighted by molar-refractivity contribution is -0.384. The van der Waals surface area contributed by atoms with Crippen molar-refractivity contribution in [3.8, 4) is 0 Å². The average molecular weight is 269 g/mol. The van der Waals surface area contributed by atoms with Gasteiger partial charge in [0.15, 0.2) is 0 Å². The Hall–Kier alpha value is -1.89. The molecule has 0 saturated heterocycles. The van der Waals surface area contributed by atoms with E-state index in [-0.39, 0.29) is 17.3 Å². The molecule has 1 atom stereocenters. The van der Waals surface area contributed by atoms with Gasteiger partial charge in [-0.1, -0.05) is 0 Å². The Labute approximate surface area is 111 Å². The number of aromatic nitrogens is 1. The molecule has 0 aliphatic carbocycles. The minimum atomic E-state index is -0.517. The van der Waals surface area contributed by atoms with Gasteiger partial charge in [0.2, 0.25) is 0 Å². The summed E-state index contributed by atoms with van der Waals surface area (Å²) in [7, 11) is 0. The molecule has 1 heterocycles. The maximum absolute atomic E-state index is 11.9. The van der Waals surface area contributed by atoms with E-state index in [2.05, 4.69) is 5.32 Å². The summed E-state index contributed by atoms with van der Waals surface area (Å²) in [5, 5.41) is 22.5. The number of carbonyl (C=O) groups excluding carboxylic acids is 1. The van der Waals surface area contributed by atoms with Crippen molar-refractivity contribution in [2.45, 2.75) is 39.3 Å². The third-order valence-corrected chi connectivity index (χ3v) is 2.75. The molecule has 0 bridgehead atoms. The van der Waals surface area contributed by atoms with E-state index in [0.717, 1.165) is 0 Å². The summed E-state index contributed by atoms with van der Waals surface area (Å²) in [4.78, 5) is 22.0. The van der Waals surface area contributed by atoms with Gasteiger partial charge in [-0.05, 0) is 26.7 Å². The van der Waals surface area contributed by atoms with Gasteiger partial charge in [0.1, 0.15) is 5.69 Å². The molecule has 1 amide bonds. The Bertz CT molecular complexity index is 454. The van der Waals surface area contributed by atoms with Crippen molar-refractivity contribution in [3.05, 3.63) is 28.1 Å². The fourth-order valence-electron chi connectivity index (χ4n) is 1.74. The third kappa shape index (κ3) is 4.36. The molecule has 0 spiro atoms. The fourth-order valence-corrected chi connectivity index (χ4v) is 1.74. The van der Waals surface area contributed by atoms with Gasteiger partial charge in [0, 0.05) is 19.2 Å². The predicted octanol–water partition coefficient (Wildman–Crippen LogP) is 1.31. The van der Waals surface area contributed by atoms with E-state index in [1.54, 1.807) is 11.5 Å². The monoisotopic (exact) mass is 269 g/mol. The highest BCUT2D eigenvalue weighted by Gasteiger charge is 2.18. The van der Waals surface area contributed by atoms with Gasteiger partial charge >= 0.3 is 0 Å². The Morgan fingerprint density at radius 3 is 2.84 bits per heavy atom. The zero-order chi connectivity index (χ0) is 14.4. The number of nitrogens with zero attached hydrogens (tertiary/aromatic N) is 2. The summed E-state index contributed by atoms with van der Waals surface area (Å²) in [6.07, 6.45) is 2.23. The van der Waals surface area contributed by atoms with E-state index < -0.39 is 11.0 Å². The molecule has 7 heteroatoms. The normalized spacial score (nSPS) is 12.2. The Morgan fingerprint density at radius 2 is 2.32 bits per heavy atom. The van der Waals surface area contributed by atoms with Gasteiger partial charge in [-0.25, -0.2) is 0 Å². The van der Waals surface area contributed by atoms with Crippen molar-refractivity contribution >= 4 is 11.6 Å². The number of hydrogen-bond donors (Lipinski definition) is 2. The van der Waals surface area contributed by atoms with Gasteiger partial charge < -0.3 is 15.0 Å². The van der Waals surface area contributed by atoms with Crippen molar-refractivity contribution in [2.24, 2.45) is 0 Å². The largest absolute Gasteiger partial charge is 0.393 e. The molecular weight excluding hydrogens is 250 g/mol. The second-order valence-corrected chi connectivity index (χ2v) is 4.37. The summed E-state index contributed by atoms with van der Waals surface area (Å²) >= 11 is 0. The summed E-state index contributed by atoms with van der Waals surface area (Å²) in [6.45, 7) is 4.43. The molecule has 0 radical (unpaired) electrons. The molecular formula is C12H19N3O4. The number of aliphatic hydroxyl groups excluding tert-OH is 1. The Balaban J connectivity index is 2.63. The lowest BCUT2D eigenvalue weighted by Crippen LogP contribution is -2.27. The number of aliphatic hydroxyl groups is 1. The van der Waals surface area contributed by atoms with Crippen molar-refractivity contribution in [2.75, 3.05) is 6.54 Å². The first-order chi connectivity index (χ1) is 8.95. The van der Waals surface area contributed by atoms with E-state index in [1.807, 2.05) is 6.92 Å². The van der Waals surface area contributed by atoms with Gasteiger partial charge in [0.25, 0.3) is 11.6 Å². The smallest absolute Gasteiger partial charge is 0.287 e. The zero-order valence-electron chi connectivity index (χ0n) is 11.1. The molecule has 2 N–H and O–H groups in total. The van der Waals surface area contributed by atoms with Gasteiger partial charge in [-0.3, -0.25) is 14.9 Å². The van der Waals surface area contributed by atoms with Crippen molar-refractivity contribution in [3.63, 3.8) is 0 Å². The number of nitro groups is 1. The lowest BCUT2D eigenvalue weighted by atomic mass is 10.2. The fraction of sp³-hybridized carbons (Fsp3) is 0.583. The molecule has 0 saturated carbocycles. The quantitative estimate of drug-likeness (QED) is 0.443.